The van der Waals surface area contributed by atoms with Crippen LogP contribution in [-0.2, 0) is 7.05 Å². The van der Waals surface area contributed by atoms with Crippen molar-refractivity contribution in [3.05, 3.63) is 67.8 Å². The molecule has 2 heterocycles. The molecule has 0 aliphatic rings. The molecule has 0 aliphatic carbocycles. The Labute approximate surface area is 178 Å². The van der Waals surface area contributed by atoms with Crippen LogP contribution in [0.4, 0.5) is 5.69 Å². The van der Waals surface area contributed by atoms with Crippen LogP contribution in [0.2, 0.25) is 0 Å². The van der Waals surface area contributed by atoms with E-state index in [1.807, 2.05) is 30.7 Å². The van der Waals surface area contributed by atoms with Gasteiger partial charge in [0.15, 0.2) is 4.80 Å². The van der Waals surface area contributed by atoms with Crippen LogP contribution in [0.25, 0.3) is 20.3 Å². The number of thiophene rings is 1. The first-order valence-electron chi connectivity index (χ1n) is 8.46. The Morgan fingerprint density at radius 3 is 2.72 bits per heavy atom. The monoisotopic (exact) mass is 442 g/mol. The summed E-state index contributed by atoms with van der Waals surface area (Å²) in [5.74, 6) is -0.387. The van der Waals surface area contributed by atoms with Gasteiger partial charge in [-0.1, -0.05) is 17.4 Å². The molecule has 0 fully saturated rings. The van der Waals surface area contributed by atoms with Crippen molar-refractivity contribution >= 4 is 71.9 Å². The number of fused-ring (bicyclic) bond motifs is 2. The lowest BCUT2D eigenvalue weighted by Crippen LogP contribution is -2.29. The number of rotatable bonds is 2. The molecule has 1 N–H and O–H groups in total. The Bertz CT molecular complexity index is 1380. The first kappa shape index (κ1) is 19.4. The molecule has 0 saturated carbocycles. The average molecular weight is 443 g/mol. The van der Waals surface area contributed by atoms with Gasteiger partial charge in [0, 0.05) is 29.3 Å². The molecule has 0 atom stereocenters. The van der Waals surface area contributed by atoms with E-state index in [1.54, 1.807) is 12.1 Å². The fourth-order valence-corrected chi connectivity index (χ4v) is 5.18. The van der Waals surface area contributed by atoms with E-state index in [0.717, 1.165) is 20.5 Å². The minimum atomic E-state index is -0.461. The minimum Gasteiger partial charge on any atom is -0.319 e. The van der Waals surface area contributed by atoms with Crippen LogP contribution in [0.3, 0.4) is 0 Å². The van der Waals surface area contributed by atoms with Gasteiger partial charge < -0.3 is 4.57 Å². The van der Waals surface area contributed by atoms with Crippen LogP contribution in [0, 0.1) is 17.0 Å². The summed E-state index contributed by atoms with van der Waals surface area (Å²) in [7, 11) is 1.90. The summed E-state index contributed by atoms with van der Waals surface area (Å²) < 4.78 is 3.80. The predicted molar refractivity (Wildman–Crippen MR) is 120 cm³/mol. The third-order valence-electron chi connectivity index (χ3n) is 4.32. The van der Waals surface area contributed by atoms with Crippen molar-refractivity contribution in [2.24, 2.45) is 12.0 Å². The van der Waals surface area contributed by atoms with Crippen LogP contribution in [0.5, 0.6) is 0 Å². The van der Waals surface area contributed by atoms with E-state index < -0.39 is 4.92 Å². The summed E-state index contributed by atoms with van der Waals surface area (Å²) in [6.45, 7) is 2.03. The second-order valence-electron chi connectivity index (χ2n) is 6.38. The first-order valence-corrected chi connectivity index (χ1v) is 10.5. The maximum atomic E-state index is 12.5. The average Bonchev–Trinajstić information content (AvgIpc) is 3.22. The van der Waals surface area contributed by atoms with Gasteiger partial charge in [0.1, 0.15) is 0 Å². The van der Waals surface area contributed by atoms with E-state index in [4.69, 9.17) is 12.2 Å². The third-order valence-corrected chi connectivity index (χ3v) is 6.72. The predicted octanol–water partition coefficient (Wildman–Crippen LogP) is 4.29. The Hall–Kier alpha value is -2.95. The molecule has 146 valence electrons. The van der Waals surface area contributed by atoms with Crippen LogP contribution < -0.4 is 10.1 Å². The van der Waals surface area contributed by atoms with Gasteiger partial charge in [-0.15, -0.1) is 11.3 Å². The zero-order valence-corrected chi connectivity index (χ0v) is 17.8. The highest BCUT2D eigenvalue weighted by molar-refractivity contribution is 7.80. The fraction of sp³-hybridized carbons (Fsp3) is 0.105. The van der Waals surface area contributed by atoms with Crippen molar-refractivity contribution in [1.29, 1.82) is 0 Å². The second kappa shape index (κ2) is 7.47. The van der Waals surface area contributed by atoms with Crippen molar-refractivity contribution in [3.8, 4) is 0 Å². The number of thiazole rings is 1. The van der Waals surface area contributed by atoms with Crippen molar-refractivity contribution in [2.45, 2.75) is 6.92 Å². The molecule has 0 aliphatic heterocycles. The first-order chi connectivity index (χ1) is 13.8. The van der Waals surface area contributed by atoms with Crippen LogP contribution in [-0.4, -0.2) is 20.5 Å². The summed E-state index contributed by atoms with van der Waals surface area (Å²) in [6, 6.07) is 12.3. The Morgan fingerprint density at radius 1 is 1.17 bits per heavy atom. The molecular formula is C19H14N4O3S3. The number of benzene rings is 2. The van der Waals surface area contributed by atoms with E-state index in [2.05, 4.69) is 16.4 Å². The number of nitro benzene ring substituents is 1. The smallest absolute Gasteiger partial charge is 0.270 e. The molecule has 0 saturated heterocycles. The summed E-state index contributed by atoms with van der Waals surface area (Å²) in [5.41, 5.74) is 2.19. The highest BCUT2D eigenvalue weighted by Gasteiger charge is 2.14. The number of carbonyl (C=O) groups excluding carboxylic acids is 1. The summed E-state index contributed by atoms with van der Waals surface area (Å²) in [5, 5.41) is 14.2. The van der Waals surface area contributed by atoms with Crippen molar-refractivity contribution < 1.29 is 9.72 Å². The lowest BCUT2D eigenvalue weighted by Gasteiger charge is -2.00. The van der Waals surface area contributed by atoms with E-state index in [1.165, 1.54) is 34.8 Å². The number of nitrogens with zero attached hydrogens (tertiary/aromatic N) is 3. The van der Waals surface area contributed by atoms with Crippen molar-refractivity contribution in [1.82, 2.24) is 9.88 Å². The highest BCUT2D eigenvalue weighted by Crippen LogP contribution is 2.29. The van der Waals surface area contributed by atoms with Gasteiger partial charge >= 0.3 is 0 Å². The van der Waals surface area contributed by atoms with Gasteiger partial charge in [0.2, 0.25) is 5.11 Å². The second-order valence-corrected chi connectivity index (χ2v) is 8.86. The van der Waals surface area contributed by atoms with Gasteiger partial charge in [-0.2, -0.15) is 4.99 Å². The molecule has 0 radical (unpaired) electrons. The van der Waals surface area contributed by atoms with Crippen molar-refractivity contribution in [2.75, 3.05) is 0 Å². The summed E-state index contributed by atoms with van der Waals surface area (Å²) in [6.07, 6.45) is 0. The molecular weight excluding hydrogens is 428 g/mol. The lowest BCUT2D eigenvalue weighted by molar-refractivity contribution is -0.384. The maximum absolute atomic E-state index is 12.5. The molecule has 1 amide bonds. The minimum absolute atomic E-state index is 0.0136. The van der Waals surface area contributed by atoms with Crippen LogP contribution in [0.1, 0.15) is 15.2 Å². The summed E-state index contributed by atoms with van der Waals surface area (Å²) in [4.78, 5) is 28.5. The number of hydrogen-bond donors (Lipinski definition) is 1. The van der Waals surface area contributed by atoms with Crippen LogP contribution >= 0.6 is 34.9 Å². The van der Waals surface area contributed by atoms with Gasteiger partial charge in [0.25, 0.3) is 11.6 Å². The molecule has 10 heteroatoms. The number of non-ortho nitro benzene ring substituents is 1. The molecule has 4 rings (SSSR count). The number of nitrogens with one attached hydrogen (secondary N) is 1. The number of hydrogen-bond acceptors (Lipinski definition) is 6. The van der Waals surface area contributed by atoms with E-state index in [-0.39, 0.29) is 16.7 Å². The molecule has 7 nitrogen and oxygen atoms in total. The van der Waals surface area contributed by atoms with Gasteiger partial charge in [-0.05, 0) is 49.0 Å². The molecule has 29 heavy (non-hydrogen) atoms. The SMILES string of the molecule is Cc1ccc2c(c1)sc(=NC(=S)NC(=O)c1cc3cc([N+](=O)[O-])ccc3s1)n2C. The fourth-order valence-electron chi connectivity index (χ4n) is 2.88. The highest BCUT2D eigenvalue weighted by atomic mass is 32.1. The zero-order chi connectivity index (χ0) is 20.7. The Kier molecular flexibility index (Phi) is 4.99. The molecule has 2 aromatic heterocycles. The number of aryl methyl sites for hydroxylation is 2. The number of aromatic nitrogens is 1. The summed E-state index contributed by atoms with van der Waals surface area (Å²) >= 11 is 7.99. The molecule has 2 aromatic carbocycles. The topological polar surface area (TPSA) is 89.5 Å². The quantitative estimate of drug-likeness (QED) is 0.285. The normalized spacial score (nSPS) is 11.9. The Balaban J connectivity index is 1.59. The van der Waals surface area contributed by atoms with E-state index in [9.17, 15) is 14.9 Å². The number of carbonyl (C=O) groups is 1. The number of amides is 1. The lowest BCUT2D eigenvalue weighted by atomic mass is 10.2. The van der Waals surface area contributed by atoms with Gasteiger partial charge in [0.05, 0.1) is 20.0 Å². The van der Waals surface area contributed by atoms with E-state index in [0.29, 0.717) is 15.1 Å². The molecule has 4 aromatic rings. The molecule has 0 unspecified atom stereocenters. The third kappa shape index (κ3) is 3.82. The standard InChI is InChI=1S/C19H14N4O3S3/c1-10-3-5-13-15(7-10)29-19(22(13)2)21-18(27)20-17(24)16-9-11-8-12(23(25)26)4-6-14(11)28-16/h3-9H,1-2H3,(H,20,24,27). The maximum Gasteiger partial charge on any atom is 0.270 e. The largest absolute Gasteiger partial charge is 0.319 e. The van der Waals surface area contributed by atoms with Gasteiger partial charge in [-0.25, -0.2) is 0 Å². The molecule has 0 bridgehead atoms. The van der Waals surface area contributed by atoms with Crippen LogP contribution in [0.15, 0.2) is 47.5 Å². The van der Waals surface area contributed by atoms with Crippen molar-refractivity contribution in [3.63, 3.8) is 0 Å². The zero-order valence-electron chi connectivity index (χ0n) is 15.3. The van der Waals surface area contributed by atoms with E-state index >= 15 is 0 Å². The number of thiocarbonyl (C=S) groups is 1. The van der Waals surface area contributed by atoms with Gasteiger partial charge in [-0.3, -0.25) is 20.2 Å². The molecule has 0 spiro atoms. The Morgan fingerprint density at radius 2 is 1.97 bits per heavy atom. The number of nitro groups is 1.